The SMILES string of the molecule is CN(C)c1ccc(OC2CCN(C(=O)C3(c4cccs4)CCCC3)C2)nn1. The summed E-state index contributed by atoms with van der Waals surface area (Å²) >= 11 is 1.71. The van der Waals surface area contributed by atoms with Crippen LogP contribution >= 0.6 is 11.3 Å². The molecule has 2 aliphatic rings. The summed E-state index contributed by atoms with van der Waals surface area (Å²) in [6.07, 6.45) is 5.01. The second-order valence-electron chi connectivity index (χ2n) is 7.67. The number of carbonyl (C=O) groups excluding carboxylic acids is 1. The molecule has 2 fully saturated rings. The van der Waals surface area contributed by atoms with Gasteiger partial charge < -0.3 is 14.5 Å². The van der Waals surface area contributed by atoms with Crippen molar-refractivity contribution in [2.45, 2.75) is 43.6 Å². The molecule has 1 saturated heterocycles. The third kappa shape index (κ3) is 3.52. The van der Waals surface area contributed by atoms with Crippen LogP contribution in [0.5, 0.6) is 5.88 Å². The summed E-state index contributed by atoms with van der Waals surface area (Å²) in [5.41, 5.74) is -0.309. The van der Waals surface area contributed by atoms with E-state index in [1.165, 1.54) is 4.88 Å². The molecule has 1 aliphatic carbocycles. The molecule has 0 N–H and O–H groups in total. The Morgan fingerprint density at radius 3 is 2.70 bits per heavy atom. The number of amides is 1. The Balaban J connectivity index is 1.42. The van der Waals surface area contributed by atoms with E-state index in [2.05, 4.69) is 27.7 Å². The summed E-state index contributed by atoms with van der Waals surface area (Å²) in [5, 5.41) is 10.4. The van der Waals surface area contributed by atoms with Gasteiger partial charge in [-0.15, -0.1) is 21.5 Å². The highest BCUT2D eigenvalue weighted by molar-refractivity contribution is 7.10. The fourth-order valence-electron chi connectivity index (χ4n) is 4.19. The Labute approximate surface area is 164 Å². The maximum atomic E-state index is 13.4. The lowest BCUT2D eigenvalue weighted by Gasteiger charge is -2.31. The molecular formula is C20H26N4O2S. The van der Waals surface area contributed by atoms with E-state index in [0.717, 1.165) is 44.5 Å². The molecule has 27 heavy (non-hydrogen) atoms. The summed E-state index contributed by atoms with van der Waals surface area (Å²) in [6.45, 7) is 1.38. The Hall–Kier alpha value is -2.15. The van der Waals surface area contributed by atoms with Gasteiger partial charge in [0.25, 0.3) is 0 Å². The first-order chi connectivity index (χ1) is 13.1. The van der Waals surface area contributed by atoms with Gasteiger partial charge >= 0.3 is 0 Å². The molecule has 0 aromatic carbocycles. The average Bonchev–Trinajstić information content (AvgIpc) is 3.42. The lowest BCUT2D eigenvalue weighted by Crippen LogP contribution is -2.44. The van der Waals surface area contributed by atoms with Crippen molar-refractivity contribution in [3.8, 4) is 5.88 Å². The van der Waals surface area contributed by atoms with E-state index in [-0.39, 0.29) is 17.4 Å². The molecule has 0 radical (unpaired) electrons. The minimum atomic E-state index is -0.309. The van der Waals surface area contributed by atoms with Gasteiger partial charge in [0, 0.05) is 38.0 Å². The molecule has 3 heterocycles. The van der Waals surface area contributed by atoms with Crippen molar-refractivity contribution in [1.29, 1.82) is 0 Å². The largest absolute Gasteiger partial charge is 0.471 e. The lowest BCUT2D eigenvalue weighted by molar-refractivity contribution is -0.136. The molecule has 6 nitrogen and oxygen atoms in total. The zero-order valence-corrected chi connectivity index (χ0v) is 16.7. The van der Waals surface area contributed by atoms with Gasteiger partial charge in [-0.1, -0.05) is 18.9 Å². The molecule has 1 amide bonds. The van der Waals surface area contributed by atoms with Crippen LogP contribution in [0.3, 0.4) is 0 Å². The Morgan fingerprint density at radius 2 is 2.07 bits per heavy atom. The highest BCUT2D eigenvalue weighted by Gasteiger charge is 2.47. The Morgan fingerprint density at radius 1 is 1.26 bits per heavy atom. The molecular weight excluding hydrogens is 360 g/mol. The molecule has 1 aliphatic heterocycles. The molecule has 144 valence electrons. The average molecular weight is 387 g/mol. The molecule has 7 heteroatoms. The maximum absolute atomic E-state index is 13.4. The van der Waals surface area contributed by atoms with E-state index in [0.29, 0.717) is 12.4 Å². The smallest absolute Gasteiger partial charge is 0.234 e. The molecule has 1 unspecified atom stereocenters. The monoisotopic (exact) mass is 386 g/mol. The first-order valence-corrected chi connectivity index (χ1v) is 10.5. The minimum Gasteiger partial charge on any atom is -0.471 e. The van der Waals surface area contributed by atoms with Crippen molar-refractivity contribution in [3.63, 3.8) is 0 Å². The number of ether oxygens (including phenoxy) is 1. The van der Waals surface area contributed by atoms with Crippen molar-refractivity contribution < 1.29 is 9.53 Å². The molecule has 0 bridgehead atoms. The number of thiophene rings is 1. The van der Waals surface area contributed by atoms with Crippen LogP contribution in [0.4, 0.5) is 5.82 Å². The second kappa shape index (κ2) is 7.46. The van der Waals surface area contributed by atoms with E-state index in [1.54, 1.807) is 11.3 Å². The van der Waals surface area contributed by atoms with Gasteiger partial charge in [-0.3, -0.25) is 4.79 Å². The second-order valence-corrected chi connectivity index (χ2v) is 8.62. The zero-order valence-electron chi connectivity index (χ0n) is 15.9. The predicted octanol–water partition coefficient (Wildman–Crippen LogP) is 3.10. The fourth-order valence-corrected chi connectivity index (χ4v) is 5.17. The highest BCUT2D eigenvalue weighted by atomic mass is 32.1. The van der Waals surface area contributed by atoms with Gasteiger partial charge in [0.15, 0.2) is 5.82 Å². The predicted molar refractivity (Wildman–Crippen MR) is 106 cm³/mol. The molecule has 1 atom stereocenters. The van der Waals surface area contributed by atoms with Crippen LogP contribution in [0.2, 0.25) is 0 Å². The molecule has 0 spiro atoms. The van der Waals surface area contributed by atoms with Crippen LogP contribution < -0.4 is 9.64 Å². The molecule has 4 rings (SSSR count). The summed E-state index contributed by atoms with van der Waals surface area (Å²) < 4.78 is 5.99. The number of hydrogen-bond donors (Lipinski definition) is 0. The third-order valence-electron chi connectivity index (χ3n) is 5.66. The third-order valence-corrected chi connectivity index (χ3v) is 6.74. The van der Waals surface area contributed by atoms with E-state index < -0.39 is 0 Å². The van der Waals surface area contributed by atoms with Gasteiger partial charge in [0.2, 0.25) is 11.8 Å². The van der Waals surface area contributed by atoms with Crippen LogP contribution in [-0.2, 0) is 10.2 Å². The van der Waals surface area contributed by atoms with Crippen LogP contribution in [0.25, 0.3) is 0 Å². The molecule has 1 saturated carbocycles. The van der Waals surface area contributed by atoms with Crippen molar-refractivity contribution in [2.24, 2.45) is 0 Å². The zero-order chi connectivity index (χ0) is 18.9. The standard InChI is InChI=1S/C20H26N4O2S/c1-23(2)17-7-8-18(22-21-17)26-15-9-12-24(14-15)19(25)20(10-3-4-11-20)16-6-5-13-27-16/h5-8,13,15H,3-4,9-12,14H2,1-2H3. The fraction of sp³-hybridized carbons (Fsp3) is 0.550. The van der Waals surface area contributed by atoms with E-state index >= 15 is 0 Å². The van der Waals surface area contributed by atoms with Gasteiger partial charge in [0.05, 0.1) is 12.0 Å². The minimum absolute atomic E-state index is 0.0183. The number of nitrogens with zero attached hydrogens (tertiary/aromatic N) is 4. The van der Waals surface area contributed by atoms with Crippen molar-refractivity contribution in [2.75, 3.05) is 32.1 Å². The van der Waals surface area contributed by atoms with E-state index in [4.69, 9.17) is 4.74 Å². The van der Waals surface area contributed by atoms with Crippen molar-refractivity contribution in [3.05, 3.63) is 34.5 Å². The first kappa shape index (κ1) is 18.2. The van der Waals surface area contributed by atoms with Gasteiger partial charge in [-0.25, -0.2) is 0 Å². The van der Waals surface area contributed by atoms with Crippen LogP contribution in [0.1, 0.15) is 37.0 Å². The number of carbonyl (C=O) groups is 1. The highest BCUT2D eigenvalue weighted by Crippen LogP contribution is 2.45. The summed E-state index contributed by atoms with van der Waals surface area (Å²) in [7, 11) is 3.86. The lowest BCUT2D eigenvalue weighted by atomic mass is 9.83. The van der Waals surface area contributed by atoms with Crippen LogP contribution in [0.15, 0.2) is 29.6 Å². The van der Waals surface area contributed by atoms with E-state index in [1.807, 2.05) is 36.0 Å². The number of aromatic nitrogens is 2. The van der Waals surface area contributed by atoms with Gasteiger partial charge in [-0.05, 0) is 30.4 Å². The maximum Gasteiger partial charge on any atom is 0.234 e. The Bertz CT molecular complexity index is 770. The quantitative estimate of drug-likeness (QED) is 0.790. The van der Waals surface area contributed by atoms with Crippen molar-refractivity contribution >= 4 is 23.1 Å². The molecule has 2 aromatic heterocycles. The van der Waals surface area contributed by atoms with E-state index in [9.17, 15) is 4.79 Å². The van der Waals surface area contributed by atoms with Crippen LogP contribution in [0, 0.1) is 0 Å². The van der Waals surface area contributed by atoms with Gasteiger partial charge in [-0.2, -0.15) is 0 Å². The number of rotatable bonds is 5. The number of hydrogen-bond acceptors (Lipinski definition) is 6. The van der Waals surface area contributed by atoms with Gasteiger partial charge in [0.1, 0.15) is 6.10 Å². The topological polar surface area (TPSA) is 58.6 Å². The summed E-state index contributed by atoms with van der Waals surface area (Å²) in [4.78, 5) is 18.5. The molecule has 2 aromatic rings. The summed E-state index contributed by atoms with van der Waals surface area (Å²) in [6, 6.07) is 7.92. The first-order valence-electron chi connectivity index (χ1n) is 9.59. The summed E-state index contributed by atoms with van der Waals surface area (Å²) in [5.74, 6) is 1.60. The van der Waals surface area contributed by atoms with Crippen molar-refractivity contribution in [1.82, 2.24) is 15.1 Å². The Kier molecular flexibility index (Phi) is 5.04. The normalized spacial score (nSPS) is 21.4. The van der Waals surface area contributed by atoms with Crippen LogP contribution in [-0.4, -0.2) is 54.3 Å². The number of likely N-dealkylation sites (tertiary alicyclic amines) is 1. The number of anilines is 1.